The second kappa shape index (κ2) is 7.72. The van der Waals surface area contributed by atoms with Gasteiger partial charge in [0.2, 0.25) is 17.6 Å². The van der Waals surface area contributed by atoms with E-state index in [2.05, 4.69) is 26.1 Å². The van der Waals surface area contributed by atoms with Crippen molar-refractivity contribution in [2.45, 2.75) is 19.4 Å². The van der Waals surface area contributed by atoms with Gasteiger partial charge in [-0.2, -0.15) is 4.98 Å². The summed E-state index contributed by atoms with van der Waals surface area (Å²) in [6, 6.07) is 13.6. The van der Waals surface area contributed by atoms with Crippen LogP contribution >= 0.6 is 27.3 Å². The van der Waals surface area contributed by atoms with Crippen LogP contribution in [0.4, 0.5) is 0 Å². The molecule has 3 aromatic rings. The molecule has 0 saturated heterocycles. The quantitative estimate of drug-likeness (QED) is 0.617. The molecule has 1 amide bonds. The monoisotopic (exact) mass is 405 g/mol. The van der Waals surface area contributed by atoms with Gasteiger partial charge in [0.05, 0.1) is 10.3 Å². The lowest BCUT2D eigenvalue weighted by Gasteiger charge is -2.15. The molecule has 0 unspecified atom stereocenters. The van der Waals surface area contributed by atoms with Crippen LogP contribution in [0, 0.1) is 0 Å². The van der Waals surface area contributed by atoms with Crippen molar-refractivity contribution in [3.63, 3.8) is 0 Å². The Bertz CT molecular complexity index is 816. The van der Waals surface area contributed by atoms with Gasteiger partial charge in [0, 0.05) is 30.3 Å². The van der Waals surface area contributed by atoms with E-state index in [1.807, 2.05) is 42.5 Å². The highest BCUT2D eigenvalue weighted by Gasteiger charge is 2.14. The van der Waals surface area contributed by atoms with Crippen LogP contribution in [0.3, 0.4) is 0 Å². The Hall–Kier alpha value is -1.99. The largest absolute Gasteiger partial charge is 0.341 e. The van der Waals surface area contributed by atoms with E-state index in [0.717, 1.165) is 14.2 Å². The topological polar surface area (TPSA) is 59.2 Å². The first-order valence-electron chi connectivity index (χ1n) is 7.48. The van der Waals surface area contributed by atoms with Gasteiger partial charge in [-0.25, -0.2) is 0 Å². The van der Waals surface area contributed by atoms with E-state index >= 15 is 0 Å². The molecule has 0 fully saturated rings. The molecule has 0 atom stereocenters. The maximum absolute atomic E-state index is 12.2. The molecule has 0 aliphatic heterocycles. The van der Waals surface area contributed by atoms with Crippen LogP contribution in [0.1, 0.15) is 17.2 Å². The third-order valence-electron chi connectivity index (χ3n) is 3.50. The Morgan fingerprint density at radius 3 is 2.75 bits per heavy atom. The predicted octanol–water partition coefficient (Wildman–Crippen LogP) is 4.15. The first-order chi connectivity index (χ1) is 11.6. The number of carbonyl (C=O) groups is 1. The van der Waals surface area contributed by atoms with Crippen LogP contribution in [0.2, 0.25) is 0 Å². The third kappa shape index (κ3) is 4.30. The summed E-state index contributed by atoms with van der Waals surface area (Å²) in [7, 11) is 1.80. The zero-order chi connectivity index (χ0) is 16.9. The molecule has 2 aromatic heterocycles. The molecule has 0 bridgehead atoms. The number of halogens is 1. The average molecular weight is 406 g/mol. The van der Waals surface area contributed by atoms with E-state index in [9.17, 15) is 4.79 Å². The number of hydrogen-bond donors (Lipinski definition) is 0. The van der Waals surface area contributed by atoms with Crippen molar-refractivity contribution < 1.29 is 9.32 Å². The molecule has 0 spiro atoms. The molecule has 3 rings (SSSR count). The van der Waals surface area contributed by atoms with Gasteiger partial charge in [-0.3, -0.25) is 4.79 Å². The number of rotatable bonds is 6. The molecule has 5 nitrogen and oxygen atoms in total. The van der Waals surface area contributed by atoms with E-state index in [0.29, 0.717) is 31.1 Å². The summed E-state index contributed by atoms with van der Waals surface area (Å²) in [6.45, 7) is 0.605. The highest BCUT2D eigenvalue weighted by atomic mass is 79.9. The Labute approximate surface area is 152 Å². The molecule has 124 valence electrons. The molecule has 0 radical (unpaired) electrons. The lowest BCUT2D eigenvalue weighted by atomic mass is 10.2. The first-order valence-corrected chi connectivity index (χ1v) is 9.09. The van der Waals surface area contributed by atoms with Crippen molar-refractivity contribution in [1.29, 1.82) is 0 Å². The standard InChI is InChI=1S/C17H16BrN3O2S/c1-21(11-13-7-8-14(18)24-13)16(22)10-9-15-19-17(20-23-15)12-5-3-2-4-6-12/h2-8H,9-11H2,1H3. The number of thiophene rings is 1. The van der Waals surface area contributed by atoms with Crippen LogP contribution in [0.5, 0.6) is 0 Å². The molecule has 24 heavy (non-hydrogen) atoms. The SMILES string of the molecule is CN(Cc1ccc(Br)s1)C(=O)CCc1nc(-c2ccccc2)no1. The highest BCUT2D eigenvalue weighted by molar-refractivity contribution is 9.11. The van der Waals surface area contributed by atoms with Gasteiger partial charge in [-0.1, -0.05) is 35.5 Å². The first kappa shape index (κ1) is 16.9. The molecular formula is C17H16BrN3O2S. The van der Waals surface area contributed by atoms with Gasteiger partial charge in [-0.15, -0.1) is 11.3 Å². The maximum atomic E-state index is 12.2. The van der Waals surface area contributed by atoms with E-state index in [-0.39, 0.29) is 5.91 Å². The number of benzene rings is 1. The van der Waals surface area contributed by atoms with Crippen molar-refractivity contribution in [2.24, 2.45) is 0 Å². The smallest absolute Gasteiger partial charge is 0.227 e. The Kier molecular flexibility index (Phi) is 5.42. The minimum atomic E-state index is 0.0546. The Morgan fingerprint density at radius 1 is 1.25 bits per heavy atom. The van der Waals surface area contributed by atoms with Crippen LogP contribution in [0.15, 0.2) is 50.8 Å². The number of nitrogens with zero attached hydrogens (tertiary/aromatic N) is 3. The number of aromatic nitrogens is 2. The van der Waals surface area contributed by atoms with Crippen molar-refractivity contribution >= 4 is 33.2 Å². The molecule has 7 heteroatoms. The minimum absolute atomic E-state index is 0.0546. The molecule has 0 aliphatic carbocycles. The van der Waals surface area contributed by atoms with Crippen molar-refractivity contribution in [2.75, 3.05) is 7.05 Å². The van der Waals surface area contributed by atoms with Crippen molar-refractivity contribution in [3.05, 3.63) is 57.0 Å². The van der Waals surface area contributed by atoms with E-state index < -0.39 is 0 Å². The number of hydrogen-bond acceptors (Lipinski definition) is 5. The molecule has 1 aromatic carbocycles. The van der Waals surface area contributed by atoms with Crippen molar-refractivity contribution in [1.82, 2.24) is 15.0 Å². The average Bonchev–Trinajstić information content (AvgIpc) is 3.22. The second-order valence-corrected chi connectivity index (χ2v) is 7.88. The van der Waals surface area contributed by atoms with Gasteiger partial charge in [-0.05, 0) is 28.1 Å². The lowest BCUT2D eigenvalue weighted by Crippen LogP contribution is -2.26. The lowest BCUT2D eigenvalue weighted by molar-refractivity contribution is -0.130. The van der Waals surface area contributed by atoms with Crippen LogP contribution < -0.4 is 0 Å². The highest BCUT2D eigenvalue weighted by Crippen LogP contribution is 2.23. The predicted molar refractivity (Wildman–Crippen MR) is 96.5 cm³/mol. The second-order valence-electron chi connectivity index (χ2n) is 5.33. The van der Waals surface area contributed by atoms with Crippen LogP contribution in [-0.2, 0) is 17.8 Å². The Balaban J connectivity index is 1.53. The minimum Gasteiger partial charge on any atom is -0.341 e. The fourth-order valence-corrected chi connectivity index (χ4v) is 3.76. The zero-order valence-electron chi connectivity index (χ0n) is 13.1. The van der Waals surface area contributed by atoms with E-state index in [1.165, 1.54) is 0 Å². The van der Waals surface area contributed by atoms with Crippen LogP contribution in [-0.4, -0.2) is 28.0 Å². The normalized spacial score (nSPS) is 10.8. The summed E-state index contributed by atoms with van der Waals surface area (Å²) >= 11 is 5.06. The fraction of sp³-hybridized carbons (Fsp3) is 0.235. The molecule has 0 aliphatic rings. The third-order valence-corrected chi connectivity index (χ3v) is 5.11. The summed E-state index contributed by atoms with van der Waals surface area (Å²) in [4.78, 5) is 19.4. The maximum Gasteiger partial charge on any atom is 0.227 e. The number of aryl methyl sites for hydroxylation is 1. The molecule has 2 heterocycles. The van der Waals surface area contributed by atoms with Gasteiger partial charge in [0.25, 0.3) is 0 Å². The van der Waals surface area contributed by atoms with Gasteiger partial charge in [0.1, 0.15) is 0 Å². The van der Waals surface area contributed by atoms with E-state index in [1.54, 1.807) is 23.3 Å². The van der Waals surface area contributed by atoms with Crippen molar-refractivity contribution in [3.8, 4) is 11.4 Å². The van der Waals surface area contributed by atoms with E-state index in [4.69, 9.17) is 4.52 Å². The van der Waals surface area contributed by atoms with Crippen LogP contribution in [0.25, 0.3) is 11.4 Å². The summed E-state index contributed by atoms with van der Waals surface area (Å²) in [5, 5.41) is 3.97. The van der Waals surface area contributed by atoms with Gasteiger partial charge in [0.15, 0.2) is 0 Å². The molecule has 0 saturated carbocycles. The fourth-order valence-electron chi connectivity index (χ4n) is 2.22. The summed E-state index contributed by atoms with van der Waals surface area (Å²) in [6.07, 6.45) is 0.788. The number of carbonyl (C=O) groups excluding carboxylic acids is 1. The molecular weight excluding hydrogens is 390 g/mol. The zero-order valence-corrected chi connectivity index (χ0v) is 15.5. The van der Waals surface area contributed by atoms with Gasteiger partial charge < -0.3 is 9.42 Å². The summed E-state index contributed by atoms with van der Waals surface area (Å²) in [5.74, 6) is 1.09. The van der Waals surface area contributed by atoms with Gasteiger partial charge >= 0.3 is 0 Å². The summed E-state index contributed by atoms with van der Waals surface area (Å²) in [5.41, 5.74) is 0.902. The number of amides is 1. The molecule has 0 N–H and O–H groups in total. The Morgan fingerprint density at radius 2 is 2.04 bits per heavy atom. The summed E-state index contributed by atoms with van der Waals surface area (Å²) < 4.78 is 6.30.